The van der Waals surface area contributed by atoms with Gasteiger partial charge in [0.15, 0.2) is 0 Å². The number of fused-ring (bicyclic) bond motifs is 1. The normalized spacial score (nSPS) is 34.0. The summed E-state index contributed by atoms with van der Waals surface area (Å²) in [5, 5.41) is 4.05. The van der Waals surface area contributed by atoms with Gasteiger partial charge in [-0.15, -0.1) is 0 Å². The van der Waals surface area contributed by atoms with E-state index in [1.54, 1.807) is 0 Å². The van der Waals surface area contributed by atoms with Crippen LogP contribution in [0.25, 0.3) is 0 Å². The fourth-order valence-corrected chi connectivity index (χ4v) is 1.57. The predicted octanol–water partition coefficient (Wildman–Crippen LogP) is 1.47. The third-order valence-corrected chi connectivity index (χ3v) is 2.52. The molecule has 0 aromatic rings. The number of nitrogens with one attached hydrogen (secondary N) is 1. The Labute approximate surface area is 66.7 Å². The molecule has 2 unspecified atom stereocenters. The molecule has 0 aromatic heterocycles. The van der Waals surface area contributed by atoms with Crippen molar-refractivity contribution in [1.29, 1.82) is 0 Å². The topological polar surface area (TPSA) is 24.4 Å². The second kappa shape index (κ2) is 2.22. The lowest BCUT2D eigenvalue weighted by molar-refractivity contribution is 0.599. The lowest BCUT2D eigenvalue weighted by Crippen LogP contribution is -2.28. The Morgan fingerprint density at radius 3 is 3.09 bits per heavy atom. The summed E-state index contributed by atoms with van der Waals surface area (Å²) in [6.07, 6.45) is 6.34. The summed E-state index contributed by atoms with van der Waals surface area (Å²) < 4.78 is 0. The first-order valence-corrected chi connectivity index (χ1v) is 3.93. The molecular weight excluding hydrogens is 136 g/mol. The smallest absolute Gasteiger partial charge is 0.0739 e. The van der Waals surface area contributed by atoms with Gasteiger partial charge in [0.1, 0.15) is 0 Å². The molecule has 0 saturated heterocycles. The van der Waals surface area contributed by atoms with E-state index in [9.17, 15) is 0 Å². The van der Waals surface area contributed by atoms with Gasteiger partial charge >= 0.3 is 0 Å². The van der Waals surface area contributed by atoms with Crippen LogP contribution in [0.3, 0.4) is 0 Å². The van der Waals surface area contributed by atoms with Crippen LogP contribution in [0.5, 0.6) is 0 Å². The highest BCUT2D eigenvalue weighted by Crippen LogP contribution is 2.25. The molecule has 0 bridgehead atoms. The number of nitrogens with zero attached hydrogens (tertiary/aromatic N) is 1. The first kappa shape index (κ1) is 6.65. The molecule has 2 rings (SSSR count). The molecule has 0 aromatic carbocycles. The molecular formula is C9H12N2. The number of hydrogen-bond donors (Lipinski definition) is 1. The standard InChI is InChI=1S/C9H12N2/c1-6-3-4-9-8(7(6)2)5-10-11-9/h3-5,8-9,11H,1-2H3. The van der Waals surface area contributed by atoms with Gasteiger partial charge in [0, 0.05) is 12.1 Å². The van der Waals surface area contributed by atoms with E-state index in [0.717, 1.165) is 0 Å². The van der Waals surface area contributed by atoms with Crippen molar-refractivity contribution < 1.29 is 0 Å². The van der Waals surface area contributed by atoms with Crippen LogP contribution in [-0.2, 0) is 0 Å². The van der Waals surface area contributed by atoms with Gasteiger partial charge in [-0.25, -0.2) is 0 Å². The third-order valence-electron chi connectivity index (χ3n) is 2.52. The van der Waals surface area contributed by atoms with Crippen LogP contribution in [0.1, 0.15) is 13.8 Å². The van der Waals surface area contributed by atoms with E-state index in [2.05, 4.69) is 36.5 Å². The second-order valence-electron chi connectivity index (χ2n) is 3.18. The molecule has 2 heteroatoms. The van der Waals surface area contributed by atoms with Gasteiger partial charge in [-0.2, -0.15) is 5.10 Å². The number of allylic oxidation sites excluding steroid dienone is 2. The van der Waals surface area contributed by atoms with E-state index in [-0.39, 0.29) is 0 Å². The molecule has 1 aliphatic heterocycles. The fraction of sp³-hybridized carbons (Fsp3) is 0.444. The first-order valence-electron chi connectivity index (χ1n) is 3.93. The van der Waals surface area contributed by atoms with Crippen LogP contribution in [0, 0.1) is 5.92 Å². The van der Waals surface area contributed by atoms with E-state index in [4.69, 9.17) is 0 Å². The van der Waals surface area contributed by atoms with Gasteiger partial charge in [0.05, 0.1) is 6.04 Å². The van der Waals surface area contributed by atoms with Gasteiger partial charge < -0.3 is 5.43 Å². The minimum Gasteiger partial charge on any atom is -0.302 e. The largest absolute Gasteiger partial charge is 0.302 e. The Morgan fingerprint density at radius 1 is 1.45 bits per heavy atom. The van der Waals surface area contributed by atoms with Crippen molar-refractivity contribution in [3.63, 3.8) is 0 Å². The molecule has 0 spiro atoms. The van der Waals surface area contributed by atoms with E-state index in [1.165, 1.54) is 11.1 Å². The number of rotatable bonds is 0. The highest BCUT2D eigenvalue weighted by atomic mass is 15.3. The molecule has 2 aliphatic rings. The average Bonchev–Trinajstić information content (AvgIpc) is 2.45. The maximum Gasteiger partial charge on any atom is 0.0739 e. The minimum atomic E-state index is 0.415. The van der Waals surface area contributed by atoms with Crippen molar-refractivity contribution in [2.24, 2.45) is 11.0 Å². The van der Waals surface area contributed by atoms with Gasteiger partial charge in [0.25, 0.3) is 0 Å². The van der Waals surface area contributed by atoms with Gasteiger partial charge in [-0.05, 0) is 13.8 Å². The monoisotopic (exact) mass is 148 g/mol. The zero-order valence-corrected chi connectivity index (χ0v) is 6.83. The van der Waals surface area contributed by atoms with Crippen LogP contribution >= 0.6 is 0 Å². The van der Waals surface area contributed by atoms with Gasteiger partial charge in [-0.1, -0.05) is 23.3 Å². The molecule has 2 nitrogen and oxygen atoms in total. The van der Waals surface area contributed by atoms with Gasteiger partial charge in [-0.3, -0.25) is 0 Å². The van der Waals surface area contributed by atoms with Crippen molar-refractivity contribution in [3.8, 4) is 0 Å². The highest BCUT2D eigenvalue weighted by Gasteiger charge is 2.26. The molecule has 1 heterocycles. The Balaban J connectivity index is 2.36. The average molecular weight is 148 g/mol. The van der Waals surface area contributed by atoms with Crippen LogP contribution in [0.15, 0.2) is 28.4 Å². The fourth-order valence-electron chi connectivity index (χ4n) is 1.57. The second-order valence-corrected chi connectivity index (χ2v) is 3.18. The quantitative estimate of drug-likeness (QED) is 0.552. The van der Waals surface area contributed by atoms with E-state index in [1.807, 2.05) is 6.21 Å². The SMILES string of the molecule is CC1=C(C)C2C=NNC2C=C1. The Bertz CT molecular complexity index is 261. The molecule has 1 aliphatic carbocycles. The van der Waals surface area contributed by atoms with Crippen molar-refractivity contribution in [2.45, 2.75) is 19.9 Å². The van der Waals surface area contributed by atoms with Crippen molar-refractivity contribution in [2.75, 3.05) is 0 Å². The summed E-state index contributed by atoms with van der Waals surface area (Å²) in [4.78, 5) is 0. The molecule has 0 amide bonds. The Hall–Kier alpha value is -1.05. The lowest BCUT2D eigenvalue weighted by atomic mass is 9.87. The summed E-state index contributed by atoms with van der Waals surface area (Å²) in [6, 6.07) is 0.415. The summed E-state index contributed by atoms with van der Waals surface area (Å²) in [7, 11) is 0. The van der Waals surface area contributed by atoms with Crippen molar-refractivity contribution in [3.05, 3.63) is 23.3 Å². The van der Waals surface area contributed by atoms with E-state index < -0.39 is 0 Å². The van der Waals surface area contributed by atoms with Crippen molar-refractivity contribution >= 4 is 6.21 Å². The number of hydrogen-bond acceptors (Lipinski definition) is 2. The van der Waals surface area contributed by atoms with E-state index in [0.29, 0.717) is 12.0 Å². The maximum absolute atomic E-state index is 4.05. The Kier molecular flexibility index (Phi) is 1.34. The zero-order valence-electron chi connectivity index (χ0n) is 6.83. The summed E-state index contributed by atoms with van der Waals surface area (Å²) in [5.74, 6) is 0.500. The summed E-state index contributed by atoms with van der Waals surface area (Å²) in [6.45, 7) is 4.32. The minimum absolute atomic E-state index is 0.415. The lowest BCUT2D eigenvalue weighted by Gasteiger charge is -2.20. The van der Waals surface area contributed by atoms with Crippen LogP contribution in [0.2, 0.25) is 0 Å². The van der Waals surface area contributed by atoms with Crippen LogP contribution < -0.4 is 5.43 Å². The van der Waals surface area contributed by atoms with Crippen LogP contribution in [0.4, 0.5) is 0 Å². The summed E-state index contributed by atoms with van der Waals surface area (Å²) >= 11 is 0. The van der Waals surface area contributed by atoms with Crippen molar-refractivity contribution in [1.82, 2.24) is 5.43 Å². The molecule has 0 fully saturated rings. The molecule has 2 atom stereocenters. The number of hydrazone groups is 1. The van der Waals surface area contributed by atoms with E-state index >= 15 is 0 Å². The predicted molar refractivity (Wildman–Crippen MR) is 46.4 cm³/mol. The molecule has 0 saturated carbocycles. The molecule has 0 radical (unpaired) electrons. The van der Waals surface area contributed by atoms with Gasteiger partial charge in [0.2, 0.25) is 0 Å². The molecule has 58 valence electrons. The Morgan fingerprint density at radius 2 is 2.27 bits per heavy atom. The maximum atomic E-state index is 4.05. The molecule has 11 heavy (non-hydrogen) atoms. The molecule has 1 N–H and O–H groups in total. The zero-order chi connectivity index (χ0) is 7.84. The van der Waals surface area contributed by atoms with Crippen LogP contribution in [-0.4, -0.2) is 12.3 Å². The first-order chi connectivity index (χ1) is 5.29. The third kappa shape index (κ3) is 0.897. The highest BCUT2D eigenvalue weighted by molar-refractivity contribution is 5.70. The summed E-state index contributed by atoms with van der Waals surface area (Å²) in [5.41, 5.74) is 5.87.